The number of unbranched alkanes of at least 4 members (excludes halogenated alkanes) is 4. The summed E-state index contributed by atoms with van der Waals surface area (Å²) in [6.07, 6.45) is 4.95. The van der Waals surface area contributed by atoms with Gasteiger partial charge in [0.15, 0.2) is 0 Å². The van der Waals surface area contributed by atoms with Crippen molar-refractivity contribution in [3.8, 4) is 5.75 Å². The number of nitrogens with one attached hydrogen (secondary N) is 1. The van der Waals surface area contributed by atoms with E-state index in [9.17, 15) is 19.8 Å². The first kappa shape index (κ1) is 22.9. The second kappa shape index (κ2) is 12.2. The van der Waals surface area contributed by atoms with Crippen molar-refractivity contribution in [2.24, 2.45) is 0 Å². The fourth-order valence-electron chi connectivity index (χ4n) is 3.06. The van der Waals surface area contributed by atoms with Gasteiger partial charge in [-0.3, -0.25) is 4.79 Å². The number of carbonyl (C=O) groups excluding carboxylic acids is 1. The van der Waals surface area contributed by atoms with E-state index in [1.54, 1.807) is 24.3 Å². The van der Waals surface area contributed by atoms with E-state index in [-0.39, 0.29) is 25.5 Å². The molecule has 3 N–H and O–H groups in total. The second-order valence-corrected chi connectivity index (χ2v) is 7.18. The lowest BCUT2D eigenvalue weighted by molar-refractivity contribution is -0.123. The Kier molecular flexibility index (Phi) is 9.67. The van der Waals surface area contributed by atoms with Crippen LogP contribution in [0.15, 0.2) is 39.5 Å². The lowest BCUT2D eigenvalue weighted by Gasteiger charge is -2.22. The van der Waals surface area contributed by atoms with Crippen molar-refractivity contribution in [2.45, 2.75) is 64.0 Å². The Balaban J connectivity index is 1.75. The van der Waals surface area contributed by atoms with Gasteiger partial charge in [-0.15, -0.1) is 0 Å². The van der Waals surface area contributed by atoms with Gasteiger partial charge in [-0.05, 0) is 24.6 Å². The van der Waals surface area contributed by atoms with Gasteiger partial charge < -0.3 is 24.7 Å². The zero-order valence-electron chi connectivity index (χ0n) is 16.9. The van der Waals surface area contributed by atoms with Crippen LogP contribution in [0.4, 0.5) is 0 Å². The molecule has 2 atom stereocenters. The number of fused-ring (bicyclic) bond motifs is 1. The molecule has 0 radical (unpaired) electrons. The number of aliphatic hydroxyl groups excluding tert-OH is 2. The summed E-state index contributed by atoms with van der Waals surface area (Å²) in [5, 5.41) is 23.2. The molecular weight excluding hydrogens is 374 g/mol. The molecule has 1 heterocycles. The third-order valence-electron chi connectivity index (χ3n) is 4.79. The number of hydrogen-bond acceptors (Lipinski definition) is 6. The molecule has 0 aliphatic carbocycles. The Morgan fingerprint density at radius 2 is 1.93 bits per heavy atom. The van der Waals surface area contributed by atoms with Crippen molar-refractivity contribution >= 4 is 16.9 Å². The highest BCUT2D eigenvalue weighted by Gasteiger charge is 2.20. The van der Waals surface area contributed by atoms with Crippen molar-refractivity contribution in [3.05, 3.63) is 40.8 Å². The molecular formula is C22H31NO6. The third-order valence-corrected chi connectivity index (χ3v) is 4.79. The highest BCUT2D eigenvalue weighted by Crippen LogP contribution is 2.19. The Morgan fingerprint density at radius 3 is 2.69 bits per heavy atom. The molecule has 2 rings (SSSR count). The molecule has 1 aromatic heterocycles. The van der Waals surface area contributed by atoms with E-state index in [4.69, 9.17) is 9.15 Å². The maximum Gasteiger partial charge on any atom is 0.336 e. The molecule has 1 amide bonds. The topological polar surface area (TPSA) is 109 Å². The highest BCUT2D eigenvalue weighted by molar-refractivity contribution is 5.77. The zero-order chi connectivity index (χ0) is 21.1. The molecule has 0 aliphatic rings. The van der Waals surface area contributed by atoms with Crippen LogP contribution in [-0.4, -0.2) is 41.5 Å². The normalized spacial score (nSPS) is 13.2. The van der Waals surface area contributed by atoms with Crippen LogP contribution in [0.2, 0.25) is 0 Å². The van der Waals surface area contributed by atoms with Gasteiger partial charge in [0.05, 0.1) is 25.4 Å². The molecule has 0 spiro atoms. The van der Waals surface area contributed by atoms with E-state index in [1.807, 2.05) is 0 Å². The number of hydrogen-bond donors (Lipinski definition) is 3. The van der Waals surface area contributed by atoms with Crippen LogP contribution >= 0.6 is 0 Å². The Bertz CT molecular complexity index is 818. The van der Waals surface area contributed by atoms with Crippen molar-refractivity contribution in [3.63, 3.8) is 0 Å². The lowest BCUT2D eigenvalue weighted by Crippen LogP contribution is -2.46. The number of carbonyl (C=O) groups is 1. The van der Waals surface area contributed by atoms with E-state index in [0.717, 1.165) is 31.1 Å². The third kappa shape index (κ3) is 7.87. The Hall–Kier alpha value is -2.38. The van der Waals surface area contributed by atoms with Gasteiger partial charge in [0.25, 0.3) is 0 Å². The second-order valence-electron chi connectivity index (χ2n) is 7.18. The summed E-state index contributed by atoms with van der Waals surface area (Å²) in [7, 11) is 0. The minimum atomic E-state index is -0.928. The maximum atomic E-state index is 12.0. The SMILES string of the molecule is CCCCCCCC(=O)NC(CO)C(O)CCOc1ccc2ccc(=O)oc2c1. The molecule has 7 heteroatoms. The van der Waals surface area contributed by atoms with Gasteiger partial charge in [-0.1, -0.05) is 32.6 Å². The number of amides is 1. The van der Waals surface area contributed by atoms with Crippen molar-refractivity contribution in [1.29, 1.82) is 0 Å². The van der Waals surface area contributed by atoms with E-state index in [0.29, 0.717) is 17.8 Å². The monoisotopic (exact) mass is 405 g/mol. The van der Waals surface area contributed by atoms with Crippen LogP contribution in [0.25, 0.3) is 11.0 Å². The van der Waals surface area contributed by atoms with Crippen LogP contribution in [0.1, 0.15) is 51.9 Å². The van der Waals surface area contributed by atoms with Crippen molar-refractivity contribution in [1.82, 2.24) is 5.32 Å². The van der Waals surface area contributed by atoms with E-state index in [2.05, 4.69) is 12.2 Å². The molecule has 2 aromatic rings. The molecule has 0 saturated carbocycles. The number of aliphatic hydroxyl groups is 2. The molecule has 0 bridgehead atoms. The molecule has 1 aromatic carbocycles. The minimum Gasteiger partial charge on any atom is -0.493 e. The van der Waals surface area contributed by atoms with Crippen molar-refractivity contribution in [2.75, 3.05) is 13.2 Å². The molecule has 0 aliphatic heterocycles. The molecule has 0 saturated heterocycles. The van der Waals surface area contributed by atoms with Gasteiger partial charge in [-0.25, -0.2) is 4.79 Å². The summed E-state index contributed by atoms with van der Waals surface area (Å²) in [6, 6.07) is 7.45. The van der Waals surface area contributed by atoms with Crippen LogP contribution in [-0.2, 0) is 4.79 Å². The standard InChI is InChI=1S/C22H31NO6/c1-2-3-4-5-6-7-21(26)23-18(15-24)19(25)12-13-28-17-10-8-16-9-11-22(27)29-20(16)14-17/h8-11,14,18-19,24-25H,2-7,12-13,15H2,1H3,(H,23,26). The van der Waals surface area contributed by atoms with Crippen LogP contribution in [0.3, 0.4) is 0 Å². The fraction of sp³-hybridized carbons (Fsp3) is 0.545. The quantitative estimate of drug-likeness (QED) is 0.349. The highest BCUT2D eigenvalue weighted by atomic mass is 16.5. The lowest BCUT2D eigenvalue weighted by atomic mass is 10.1. The number of ether oxygens (including phenoxy) is 1. The first-order chi connectivity index (χ1) is 14.0. The van der Waals surface area contributed by atoms with E-state index >= 15 is 0 Å². The predicted molar refractivity (Wildman–Crippen MR) is 111 cm³/mol. The van der Waals surface area contributed by atoms with Gasteiger partial charge >= 0.3 is 5.63 Å². The summed E-state index contributed by atoms with van der Waals surface area (Å²) < 4.78 is 10.7. The summed E-state index contributed by atoms with van der Waals surface area (Å²) in [6.45, 7) is 1.98. The van der Waals surface area contributed by atoms with Crippen LogP contribution < -0.4 is 15.7 Å². The van der Waals surface area contributed by atoms with Crippen molar-refractivity contribution < 1.29 is 24.2 Å². The molecule has 2 unspecified atom stereocenters. The van der Waals surface area contributed by atoms with Gasteiger partial charge in [0.2, 0.25) is 5.91 Å². The maximum absolute atomic E-state index is 12.0. The van der Waals surface area contributed by atoms with Gasteiger partial charge in [0, 0.05) is 30.4 Å². The van der Waals surface area contributed by atoms with E-state index < -0.39 is 17.8 Å². The average molecular weight is 405 g/mol. The van der Waals surface area contributed by atoms with Gasteiger partial charge in [0.1, 0.15) is 11.3 Å². The summed E-state index contributed by atoms with van der Waals surface area (Å²) in [5.74, 6) is 0.348. The smallest absolute Gasteiger partial charge is 0.336 e. The minimum absolute atomic E-state index is 0.162. The largest absolute Gasteiger partial charge is 0.493 e. The molecule has 29 heavy (non-hydrogen) atoms. The number of rotatable bonds is 13. The first-order valence-corrected chi connectivity index (χ1v) is 10.3. The van der Waals surface area contributed by atoms with E-state index in [1.165, 1.54) is 12.5 Å². The Labute approximate surface area is 170 Å². The zero-order valence-corrected chi connectivity index (χ0v) is 16.9. The predicted octanol–water partition coefficient (Wildman–Crippen LogP) is 2.76. The summed E-state index contributed by atoms with van der Waals surface area (Å²) >= 11 is 0. The molecule has 160 valence electrons. The van der Waals surface area contributed by atoms with Crippen LogP contribution in [0.5, 0.6) is 5.75 Å². The fourth-order valence-corrected chi connectivity index (χ4v) is 3.06. The number of benzene rings is 1. The van der Waals surface area contributed by atoms with Gasteiger partial charge in [-0.2, -0.15) is 0 Å². The molecule has 0 fully saturated rings. The Morgan fingerprint density at radius 1 is 1.17 bits per heavy atom. The first-order valence-electron chi connectivity index (χ1n) is 10.3. The summed E-state index contributed by atoms with van der Waals surface area (Å²) in [5.41, 5.74) is -0.00746. The van der Waals surface area contributed by atoms with Crippen LogP contribution in [0, 0.1) is 0 Å². The average Bonchev–Trinajstić information content (AvgIpc) is 2.71. The molecule has 7 nitrogen and oxygen atoms in total. The summed E-state index contributed by atoms with van der Waals surface area (Å²) in [4.78, 5) is 23.3.